The van der Waals surface area contributed by atoms with E-state index in [1.807, 2.05) is 0 Å². The lowest BCUT2D eigenvalue weighted by molar-refractivity contribution is 0.0811. The summed E-state index contributed by atoms with van der Waals surface area (Å²) >= 11 is 5.89. The molecule has 25 heavy (non-hydrogen) atoms. The van der Waals surface area contributed by atoms with E-state index in [0.717, 1.165) is 24.9 Å². The second-order valence-corrected chi connectivity index (χ2v) is 6.85. The summed E-state index contributed by atoms with van der Waals surface area (Å²) < 4.78 is 18.6. The largest absolute Gasteiger partial charge is 0.494 e. The number of carbonyl (C=O) groups excluding carboxylic acids is 1. The number of halogens is 2. The smallest absolute Gasteiger partial charge is 0.167 e. The number of ketones is 1. The number of rotatable bonds is 5. The van der Waals surface area contributed by atoms with Crippen molar-refractivity contribution in [3.05, 3.63) is 64.4 Å². The first-order chi connectivity index (χ1) is 12.1. The fraction of sp³-hybridized carbons (Fsp3) is 0.350. The maximum Gasteiger partial charge on any atom is 0.167 e. The number of hydrogen-bond donors (Lipinski definition) is 0. The number of methoxy groups -OCH3 is 1. The van der Waals surface area contributed by atoms with Gasteiger partial charge in [-0.25, -0.2) is 4.39 Å². The molecule has 0 N–H and O–H groups in total. The summed E-state index contributed by atoms with van der Waals surface area (Å²) in [5.41, 5.74) is 1.69. The molecule has 1 aliphatic rings. The normalized spacial score (nSPS) is 18.1. The van der Waals surface area contributed by atoms with Gasteiger partial charge in [0.05, 0.1) is 7.11 Å². The summed E-state index contributed by atoms with van der Waals surface area (Å²) in [6, 6.07) is 12.0. The van der Waals surface area contributed by atoms with Crippen LogP contribution >= 0.6 is 11.6 Å². The predicted octanol–water partition coefficient (Wildman–Crippen LogP) is 4.58. The lowest BCUT2D eigenvalue weighted by Gasteiger charge is -2.32. The number of nitrogens with zero attached hydrogens (tertiary/aromatic N) is 1. The highest BCUT2D eigenvalue weighted by molar-refractivity contribution is 6.30. The predicted molar refractivity (Wildman–Crippen MR) is 96.7 cm³/mol. The molecule has 132 valence electrons. The third-order valence-electron chi connectivity index (χ3n) is 4.63. The number of ether oxygens (including phenoxy) is 1. The standard InChI is InChI=1S/C20H21ClFNO2/c1-25-19-11-14(4-9-18(19)22)12-23-10-2-3-16(13-23)20(24)15-5-7-17(21)8-6-15/h4-9,11,16H,2-3,10,12-13H2,1H3. The van der Waals surface area contributed by atoms with Crippen LogP contribution in [-0.2, 0) is 6.54 Å². The van der Waals surface area contributed by atoms with Gasteiger partial charge < -0.3 is 4.74 Å². The molecule has 1 unspecified atom stereocenters. The van der Waals surface area contributed by atoms with Crippen molar-refractivity contribution in [2.45, 2.75) is 19.4 Å². The lowest BCUT2D eigenvalue weighted by Crippen LogP contribution is -2.38. The number of piperidine rings is 1. The molecule has 0 saturated carbocycles. The van der Waals surface area contributed by atoms with E-state index in [1.165, 1.54) is 13.2 Å². The third-order valence-corrected chi connectivity index (χ3v) is 4.88. The van der Waals surface area contributed by atoms with E-state index in [1.54, 1.807) is 36.4 Å². The fourth-order valence-electron chi connectivity index (χ4n) is 3.32. The Morgan fingerprint density at radius 2 is 2.04 bits per heavy atom. The van der Waals surface area contributed by atoms with Gasteiger partial charge in [0, 0.05) is 29.6 Å². The molecule has 0 radical (unpaired) electrons. The maximum absolute atomic E-state index is 13.5. The van der Waals surface area contributed by atoms with Gasteiger partial charge in [0.25, 0.3) is 0 Å². The molecule has 2 aromatic rings. The van der Waals surface area contributed by atoms with E-state index in [2.05, 4.69) is 4.90 Å². The lowest BCUT2D eigenvalue weighted by atomic mass is 9.90. The van der Waals surface area contributed by atoms with Crippen LogP contribution in [0.4, 0.5) is 4.39 Å². The van der Waals surface area contributed by atoms with Gasteiger partial charge >= 0.3 is 0 Å². The second-order valence-electron chi connectivity index (χ2n) is 6.41. The Balaban J connectivity index is 1.66. The average Bonchev–Trinajstić information content (AvgIpc) is 2.63. The summed E-state index contributed by atoms with van der Waals surface area (Å²) in [4.78, 5) is 15.0. The monoisotopic (exact) mass is 361 g/mol. The van der Waals surface area contributed by atoms with Gasteiger partial charge in [-0.05, 0) is 61.3 Å². The van der Waals surface area contributed by atoms with Crippen molar-refractivity contribution in [2.24, 2.45) is 5.92 Å². The number of Topliss-reactive ketones (excluding diaryl/α,β-unsaturated/α-hetero) is 1. The summed E-state index contributed by atoms with van der Waals surface area (Å²) in [5, 5.41) is 0.632. The molecule has 2 aromatic carbocycles. The Kier molecular flexibility index (Phi) is 5.71. The number of hydrogen-bond acceptors (Lipinski definition) is 3. The van der Waals surface area contributed by atoms with Crippen LogP contribution in [0.5, 0.6) is 5.75 Å². The van der Waals surface area contributed by atoms with Crippen molar-refractivity contribution < 1.29 is 13.9 Å². The third kappa shape index (κ3) is 4.39. The molecule has 1 heterocycles. The number of carbonyl (C=O) groups is 1. The molecule has 1 aliphatic heterocycles. The molecule has 1 saturated heterocycles. The quantitative estimate of drug-likeness (QED) is 0.730. The summed E-state index contributed by atoms with van der Waals surface area (Å²) in [6.45, 7) is 2.33. The molecule has 3 nitrogen and oxygen atoms in total. The number of benzene rings is 2. The van der Waals surface area contributed by atoms with Crippen LogP contribution in [0.1, 0.15) is 28.8 Å². The SMILES string of the molecule is COc1cc(CN2CCCC(C(=O)c3ccc(Cl)cc3)C2)ccc1F. The molecular formula is C20H21ClFNO2. The van der Waals surface area contributed by atoms with Gasteiger partial charge in [-0.15, -0.1) is 0 Å². The zero-order valence-corrected chi connectivity index (χ0v) is 14.9. The minimum atomic E-state index is -0.360. The fourth-order valence-corrected chi connectivity index (χ4v) is 3.45. The van der Waals surface area contributed by atoms with Crippen molar-refractivity contribution in [3.8, 4) is 5.75 Å². The van der Waals surface area contributed by atoms with E-state index in [9.17, 15) is 9.18 Å². The van der Waals surface area contributed by atoms with E-state index >= 15 is 0 Å². The Morgan fingerprint density at radius 3 is 2.76 bits per heavy atom. The average molecular weight is 362 g/mol. The van der Waals surface area contributed by atoms with Gasteiger partial charge in [-0.1, -0.05) is 17.7 Å². The molecule has 1 fully saturated rings. The first kappa shape index (κ1) is 17.9. The Hall–Kier alpha value is -1.91. The molecule has 5 heteroatoms. The van der Waals surface area contributed by atoms with Crippen LogP contribution in [0.15, 0.2) is 42.5 Å². The van der Waals surface area contributed by atoms with Crippen molar-refractivity contribution >= 4 is 17.4 Å². The van der Waals surface area contributed by atoms with Crippen molar-refractivity contribution in [2.75, 3.05) is 20.2 Å². The molecule has 3 rings (SSSR count). The van der Waals surface area contributed by atoms with Crippen molar-refractivity contribution in [3.63, 3.8) is 0 Å². The van der Waals surface area contributed by atoms with Crippen LogP contribution < -0.4 is 4.74 Å². The van der Waals surface area contributed by atoms with Gasteiger partial charge in [0.2, 0.25) is 0 Å². The van der Waals surface area contributed by atoms with E-state index in [0.29, 0.717) is 23.7 Å². The van der Waals surface area contributed by atoms with E-state index in [4.69, 9.17) is 16.3 Å². The van der Waals surface area contributed by atoms with Gasteiger partial charge in [-0.3, -0.25) is 9.69 Å². The van der Waals surface area contributed by atoms with Crippen LogP contribution in [-0.4, -0.2) is 30.9 Å². The molecule has 0 aliphatic carbocycles. The highest BCUT2D eigenvalue weighted by Crippen LogP contribution is 2.25. The molecule has 0 amide bonds. The minimum absolute atomic E-state index is 0.0164. The second kappa shape index (κ2) is 7.98. The Morgan fingerprint density at radius 1 is 1.28 bits per heavy atom. The van der Waals surface area contributed by atoms with Gasteiger partial charge in [-0.2, -0.15) is 0 Å². The zero-order chi connectivity index (χ0) is 17.8. The van der Waals surface area contributed by atoms with Gasteiger partial charge in [0.15, 0.2) is 17.3 Å². The summed E-state index contributed by atoms with van der Waals surface area (Å²) in [7, 11) is 1.46. The molecule has 1 atom stereocenters. The maximum atomic E-state index is 13.5. The van der Waals surface area contributed by atoms with Crippen molar-refractivity contribution in [1.82, 2.24) is 4.90 Å². The molecule has 0 spiro atoms. The van der Waals surface area contributed by atoms with E-state index < -0.39 is 0 Å². The van der Waals surface area contributed by atoms with Gasteiger partial charge in [0.1, 0.15) is 0 Å². The van der Waals surface area contributed by atoms with Crippen LogP contribution in [0.25, 0.3) is 0 Å². The first-order valence-electron chi connectivity index (χ1n) is 8.41. The highest BCUT2D eigenvalue weighted by Gasteiger charge is 2.26. The Labute approximate surface area is 152 Å². The highest BCUT2D eigenvalue weighted by atomic mass is 35.5. The van der Waals surface area contributed by atoms with Crippen LogP contribution in [0, 0.1) is 11.7 Å². The van der Waals surface area contributed by atoms with Crippen molar-refractivity contribution in [1.29, 1.82) is 0 Å². The molecule has 0 aromatic heterocycles. The van der Waals surface area contributed by atoms with Crippen LogP contribution in [0.3, 0.4) is 0 Å². The minimum Gasteiger partial charge on any atom is -0.494 e. The van der Waals surface area contributed by atoms with Crippen LogP contribution in [0.2, 0.25) is 5.02 Å². The van der Waals surface area contributed by atoms with E-state index in [-0.39, 0.29) is 23.3 Å². The molecule has 0 bridgehead atoms. The zero-order valence-electron chi connectivity index (χ0n) is 14.2. The summed E-state index contributed by atoms with van der Waals surface area (Å²) in [6.07, 6.45) is 1.87. The first-order valence-corrected chi connectivity index (χ1v) is 8.79. The Bertz CT molecular complexity index is 748. The number of likely N-dealkylation sites (tertiary alicyclic amines) is 1. The molecular weight excluding hydrogens is 341 g/mol. The topological polar surface area (TPSA) is 29.5 Å². The summed E-state index contributed by atoms with van der Waals surface area (Å²) in [5.74, 6) is 0.0410.